The first-order chi connectivity index (χ1) is 10.6. The van der Waals surface area contributed by atoms with Gasteiger partial charge in [0.25, 0.3) is 5.91 Å². The molecule has 0 bridgehead atoms. The van der Waals surface area contributed by atoms with Crippen LogP contribution < -0.4 is 4.90 Å². The second-order valence-corrected chi connectivity index (χ2v) is 7.35. The van der Waals surface area contributed by atoms with Gasteiger partial charge in [-0.2, -0.15) is 0 Å². The summed E-state index contributed by atoms with van der Waals surface area (Å²) in [5.74, 6) is 2.08. The number of carbonyl (C=O) groups excluding carboxylic acids is 1. The summed E-state index contributed by atoms with van der Waals surface area (Å²) in [4.78, 5) is 24.2. The van der Waals surface area contributed by atoms with Crippen LogP contribution in [0.5, 0.6) is 0 Å². The number of carbonyl (C=O) groups is 1. The smallest absolute Gasteiger partial charge is 0.269 e. The highest BCUT2D eigenvalue weighted by molar-refractivity contribution is 8.10. The number of pyridine rings is 2. The SMILES string of the molecule is Cc1ccc2ccc(N3C(=O)C4=C(SCCS4)C3O)nc2n1. The highest BCUT2D eigenvalue weighted by Gasteiger charge is 2.41. The van der Waals surface area contributed by atoms with Crippen molar-refractivity contribution < 1.29 is 9.90 Å². The molecule has 0 fully saturated rings. The number of fused-ring (bicyclic) bond motifs is 1. The fourth-order valence-electron chi connectivity index (χ4n) is 2.58. The van der Waals surface area contributed by atoms with Gasteiger partial charge in [-0.1, -0.05) is 0 Å². The van der Waals surface area contributed by atoms with Gasteiger partial charge in [0.05, 0.1) is 9.81 Å². The minimum Gasteiger partial charge on any atom is -0.368 e. The van der Waals surface area contributed by atoms with E-state index in [4.69, 9.17) is 0 Å². The van der Waals surface area contributed by atoms with Crippen molar-refractivity contribution in [2.24, 2.45) is 0 Å². The van der Waals surface area contributed by atoms with Crippen LogP contribution in [0.25, 0.3) is 11.0 Å². The van der Waals surface area contributed by atoms with Gasteiger partial charge < -0.3 is 5.11 Å². The van der Waals surface area contributed by atoms with Crippen LogP contribution in [-0.2, 0) is 4.79 Å². The topological polar surface area (TPSA) is 66.3 Å². The summed E-state index contributed by atoms with van der Waals surface area (Å²) in [7, 11) is 0. The zero-order valence-electron chi connectivity index (χ0n) is 11.8. The molecule has 2 aliphatic heterocycles. The molecule has 2 aromatic rings. The third kappa shape index (κ3) is 2.12. The summed E-state index contributed by atoms with van der Waals surface area (Å²) >= 11 is 3.07. The van der Waals surface area contributed by atoms with Crippen molar-refractivity contribution in [2.75, 3.05) is 16.4 Å². The van der Waals surface area contributed by atoms with Crippen LogP contribution in [-0.4, -0.2) is 38.7 Å². The number of hydrogen-bond donors (Lipinski definition) is 1. The van der Waals surface area contributed by atoms with E-state index >= 15 is 0 Å². The maximum atomic E-state index is 12.6. The Labute approximate surface area is 135 Å². The molecule has 7 heteroatoms. The van der Waals surface area contributed by atoms with Crippen molar-refractivity contribution in [3.8, 4) is 0 Å². The van der Waals surface area contributed by atoms with Gasteiger partial charge in [0.2, 0.25) is 0 Å². The number of amides is 1. The Hall–Kier alpha value is -1.57. The standard InChI is InChI=1S/C15H13N3O2S2/c1-8-2-3-9-4-5-10(17-13(9)16-8)18-14(19)11-12(15(18)20)22-7-6-21-11/h2-5,14,19H,6-7H2,1H3. The van der Waals surface area contributed by atoms with Crippen molar-refractivity contribution in [1.82, 2.24) is 9.97 Å². The lowest BCUT2D eigenvalue weighted by Crippen LogP contribution is -2.35. The minimum absolute atomic E-state index is 0.167. The largest absolute Gasteiger partial charge is 0.368 e. The number of aromatic nitrogens is 2. The summed E-state index contributed by atoms with van der Waals surface area (Å²) in [5.41, 5.74) is 1.46. The van der Waals surface area contributed by atoms with Crippen LogP contribution in [0.4, 0.5) is 5.82 Å². The van der Waals surface area contributed by atoms with Crippen LogP contribution in [0.15, 0.2) is 34.1 Å². The molecule has 112 valence electrons. The van der Waals surface area contributed by atoms with Crippen LogP contribution in [0.3, 0.4) is 0 Å². The van der Waals surface area contributed by atoms with Gasteiger partial charge in [0.15, 0.2) is 11.9 Å². The van der Waals surface area contributed by atoms with Gasteiger partial charge in [0.1, 0.15) is 5.82 Å². The monoisotopic (exact) mass is 331 g/mol. The molecule has 0 radical (unpaired) electrons. The molecule has 0 saturated carbocycles. The highest BCUT2D eigenvalue weighted by Crippen LogP contribution is 2.44. The number of rotatable bonds is 1. The molecule has 4 rings (SSSR count). The van der Waals surface area contributed by atoms with Gasteiger partial charge >= 0.3 is 0 Å². The van der Waals surface area contributed by atoms with E-state index in [1.807, 2.05) is 25.1 Å². The third-order valence-corrected chi connectivity index (χ3v) is 6.24. The predicted octanol–water partition coefficient (Wildman–Crippen LogP) is 2.29. The molecule has 22 heavy (non-hydrogen) atoms. The van der Waals surface area contributed by atoms with Crippen molar-refractivity contribution in [1.29, 1.82) is 0 Å². The van der Waals surface area contributed by atoms with Crippen molar-refractivity contribution in [3.05, 3.63) is 39.8 Å². The zero-order valence-corrected chi connectivity index (χ0v) is 13.4. The van der Waals surface area contributed by atoms with E-state index in [0.717, 1.165) is 27.5 Å². The Balaban J connectivity index is 1.77. The summed E-state index contributed by atoms with van der Waals surface area (Å²) < 4.78 is 0. The summed E-state index contributed by atoms with van der Waals surface area (Å²) in [6.45, 7) is 1.90. The first-order valence-corrected chi connectivity index (χ1v) is 8.88. The van der Waals surface area contributed by atoms with Gasteiger partial charge in [-0.25, -0.2) is 9.97 Å². The van der Waals surface area contributed by atoms with Crippen LogP contribution in [0.2, 0.25) is 0 Å². The first-order valence-electron chi connectivity index (χ1n) is 6.91. The number of aliphatic hydroxyl groups excluding tert-OH is 1. The van der Waals surface area contributed by atoms with Gasteiger partial charge in [-0.15, -0.1) is 23.5 Å². The lowest BCUT2D eigenvalue weighted by molar-refractivity contribution is -0.115. The second-order valence-electron chi connectivity index (χ2n) is 5.11. The summed E-state index contributed by atoms with van der Waals surface area (Å²) in [6.07, 6.45) is -0.935. The molecule has 2 aromatic heterocycles. The molecular formula is C15H13N3O2S2. The molecule has 2 aliphatic rings. The average Bonchev–Trinajstić information content (AvgIpc) is 2.79. The van der Waals surface area contributed by atoms with Crippen LogP contribution >= 0.6 is 23.5 Å². The first kappa shape index (κ1) is 14.0. The van der Waals surface area contributed by atoms with Crippen molar-refractivity contribution in [2.45, 2.75) is 13.2 Å². The number of hydrogen-bond acceptors (Lipinski definition) is 6. The molecule has 1 atom stereocenters. The fraction of sp³-hybridized carbons (Fsp3) is 0.267. The average molecular weight is 331 g/mol. The number of nitrogens with zero attached hydrogens (tertiary/aromatic N) is 3. The van der Waals surface area contributed by atoms with E-state index in [1.165, 1.54) is 16.7 Å². The quantitative estimate of drug-likeness (QED) is 0.865. The van der Waals surface area contributed by atoms with E-state index in [1.54, 1.807) is 17.8 Å². The molecule has 5 nitrogen and oxygen atoms in total. The lowest BCUT2D eigenvalue weighted by Gasteiger charge is -2.21. The number of aliphatic hydroxyl groups is 1. The van der Waals surface area contributed by atoms with E-state index in [9.17, 15) is 9.90 Å². The Morgan fingerprint density at radius 3 is 2.77 bits per heavy atom. The molecule has 1 unspecified atom stereocenters. The molecule has 0 aliphatic carbocycles. The predicted molar refractivity (Wildman–Crippen MR) is 89.7 cm³/mol. The van der Waals surface area contributed by atoms with Gasteiger partial charge in [-0.05, 0) is 31.2 Å². The molecule has 1 N–H and O–H groups in total. The molecule has 1 amide bonds. The van der Waals surface area contributed by atoms with Crippen molar-refractivity contribution in [3.63, 3.8) is 0 Å². The van der Waals surface area contributed by atoms with E-state index in [0.29, 0.717) is 16.4 Å². The molecule has 0 spiro atoms. The molecule has 0 saturated heterocycles. The zero-order chi connectivity index (χ0) is 15.3. The van der Waals surface area contributed by atoms with E-state index < -0.39 is 6.23 Å². The Bertz CT molecular complexity index is 822. The Morgan fingerprint density at radius 1 is 1.18 bits per heavy atom. The molecular weight excluding hydrogens is 318 g/mol. The summed E-state index contributed by atoms with van der Waals surface area (Å²) in [5, 5.41) is 11.4. The van der Waals surface area contributed by atoms with Crippen LogP contribution in [0, 0.1) is 6.92 Å². The maximum Gasteiger partial charge on any atom is 0.269 e. The number of anilines is 1. The normalized spacial score (nSPS) is 21.6. The van der Waals surface area contributed by atoms with Gasteiger partial charge in [0, 0.05) is 22.6 Å². The Kier molecular flexibility index (Phi) is 3.36. The molecule has 0 aromatic carbocycles. The number of aryl methyl sites for hydroxylation is 1. The van der Waals surface area contributed by atoms with Crippen LogP contribution in [0.1, 0.15) is 5.69 Å². The fourth-order valence-corrected chi connectivity index (χ4v) is 4.96. The highest BCUT2D eigenvalue weighted by atomic mass is 32.2. The second kappa shape index (κ2) is 5.26. The summed E-state index contributed by atoms with van der Waals surface area (Å²) in [6, 6.07) is 7.51. The van der Waals surface area contributed by atoms with Crippen molar-refractivity contribution >= 4 is 46.3 Å². The maximum absolute atomic E-state index is 12.6. The Morgan fingerprint density at radius 2 is 1.95 bits per heavy atom. The third-order valence-electron chi connectivity index (χ3n) is 3.63. The molecule has 4 heterocycles. The minimum atomic E-state index is -0.935. The number of thioether (sulfide) groups is 2. The van der Waals surface area contributed by atoms with Gasteiger partial charge in [-0.3, -0.25) is 9.69 Å². The van der Waals surface area contributed by atoms with E-state index in [-0.39, 0.29) is 5.91 Å². The van der Waals surface area contributed by atoms with E-state index in [2.05, 4.69) is 9.97 Å². The lowest BCUT2D eigenvalue weighted by atomic mass is 10.2.